The van der Waals surface area contributed by atoms with E-state index in [1.165, 1.54) is 19.3 Å². The molecular weight excluding hydrogens is 415 g/mol. The number of nitrogens with zero attached hydrogens (tertiary/aromatic N) is 3. The Bertz CT molecular complexity index is 764. The molecule has 7 nitrogen and oxygen atoms in total. The van der Waals surface area contributed by atoms with E-state index in [2.05, 4.69) is 5.10 Å². The van der Waals surface area contributed by atoms with Crippen LogP contribution in [0, 0.1) is 29.1 Å². The second-order valence-corrected chi connectivity index (χ2v) is 9.96. The average Bonchev–Trinajstić information content (AvgIpc) is 3.05. The number of hydroxylamine groups is 1. The van der Waals surface area contributed by atoms with Crippen LogP contribution < -0.4 is 0 Å². The van der Waals surface area contributed by atoms with E-state index >= 15 is 0 Å². The van der Waals surface area contributed by atoms with Crippen molar-refractivity contribution in [3.8, 4) is 0 Å². The number of carbonyl (C=O) groups is 2. The third-order valence-electron chi connectivity index (χ3n) is 7.81. The highest BCUT2D eigenvalue weighted by Crippen LogP contribution is 2.61. The fourth-order valence-corrected chi connectivity index (χ4v) is 7.10. The van der Waals surface area contributed by atoms with Crippen molar-refractivity contribution in [1.82, 2.24) is 10.1 Å². The van der Waals surface area contributed by atoms with Gasteiger partial charge in [-0.2, -0.15) is 13.2 Å². The van der Waals surface area contributed by atoms with Crippen molar-refractivity contribution in [2.75, 3.05) is 13.2 Å². The van der Waals surface area contributed by atoms with Crippen molar-refractivity contribution in [3.63, 3.8) is 0 Å². The molecule has 1 saturated heterocycles. The van der Waals surface area contributed by atoms with Crippen LogP contribution in [0.3, 0.4) is 0 Å². The lowest BCUT2D eigenvalue weighted by atomic mass is 9.49. The highest BCUT2D eigenvalue weighted by Gasteiger charge is 2.58. The summed E-state index contributed by atoms with van der Waals surface area (Å²) < 4.78 is 43.8. The standard InChI is InChI=1S/C21H28F3N3O4/c1-2-30-17(28)15-3-4-16-26(11-15)18(25-27(16)31-19(29)21(22,23)24)20-8-12-5-13(9-20)7-14(6-12)10-20/h12-16H,2-11H2,1H3. The summed E-state index contributed by atoms with van der Waals surface area (Å²) in [6.45, 7) is 2.36. The van der Waals surface area contributed by atoms with Crippen LogP contribution in [0.5, 0.6) is 0 Å². The van der Waals surface area contributed by atoms with Gasteiger partial charge in [0.05, 0.1) is 12.5 Å². The minimum atomic E-state index is -5.09. The first-order chi connectivity index (χ1) is 14.7. The molecule has 0 aromatic heterocycles. The molecule has 31 heavy (non-hydrogen) atoms. The molecule has 2 unspecified atom stereocenters. The second kappa shape index (κ2) is 7.27. The highest BCUT2D eigenvalue weighted by molar-refractivity contribution is 5.90. The second-order valence-electron chi connectivity index (χ2n) is 9.96. The Balaban J connectivity index is 1.44. The summed E-state index contributed by atoms with van der Waals surface area (Å²) >= 11 is 0. The summed E-state index contributed by atoms with van der Waals surface area (Å²) in [5.41, 5.74) is -0.205. The fourth-order valence-electron chi connectivity index (χ4n) is 7.10. The number of ether oxygens (including phenoxy) is 1. The molecule has 0 amide bonds. The first kappa shape index (κ1) is 20.9. The van der Waals surface area contributed by atoms with Crippen LogP contribution in [0.2, 0.25) is 0 Å². The van der Waals surface area contributed by atoms with Gasteiger partial charge < -0.3 is 14.5 Å². The molecule has 2 atom stereocenters. The van der Waals surface area contributed by atoms with E-state index in [9.17, 15) is 22.8 Å². The van der Waals surface area contributed by atoms with Gasteiger partial charge in [0.1, 0.15) is 5.84 Å². The van der Waals surface area contributed by atoms with E-state index in [4.69, 9.17) is 9.57 Å². The summed E-state index contributed by atoms with van der Waals surface area (Å²) in [4.78, 5) is 30.6. The number of carbonyl (C=O) groups excluding carboxylic acids is 2. The van der Waals surface area contributed by atoms with E-state index in [0.717, 1.165) is 24.4 Å². The van der Waals surface area contributed by atoms with Gasteiger partial charge in [-0.05, 0) is 76.0 Å². The molecule has 4 saturated carbocycles. The number of hydrogen-bond acceptors (Lipinski definition) is 7. The van der Waals surface area contributed by atoms with Gasteiger partial charge in [0.2, 0.25) is 0 Å². The van der Waals surface area contributed by atoms with Crippen molar-refractivity contribution < 1.29 is 32.3 Å². The zero-order valence-electron chi connectivity index (χ0n) is 17.6. The number of halogens is 3. The molecule has 0 aromatic rings. The minimum absolute atomic E-state index is 0.205. The molecule has 172 valence electrons. The number of hydrazone groups is 1. The maximum Gasteiger partial charge on any atom is 0.493 e. The maximum absolute atomic E-state index is 12.9. The lowest BCUT2D eigenvalue weighted by Gasteiger charge is -2.57. The number of rotatable bonds is 4. The van der Waals surface area contributed by atoms with E-state index in [1.54, 1.807) is 6.92 Å². The molecule has 5 fully saturated rings. The zero-order valence-corrected chi connectivity index (χ0v) is 17.6. The van der Waals surface area contributed by atoms with E-state index in [1.807, 2.05) is 4.90 Å². The van der Waals surface area contributed by atoms with Crippen LogP contribution in [-0.4, -0.2) is 53.3 Å². The van der Waals surface area contributed by atoms with E-state index in [0.29, 0.717) is 43.0 Å². The Hall–Kier alpha value is -2.00. The van der Waals surface area contributed by atoms with Crippen molar-refractivity contribution in [2.45, 2.75) is 70.6 Å². The van der Waals surface area contributed by atoms with Crippen LogP contribution in [0.25, 0.3) is 0 Å². The number of piperidine rings is 1. The number of amidine groups is 1. The highest BCUT2D eigenvalue weighted by atomic mass is 19.4. The Labute approximate surface area is 178 Å². The Morgan fingerprint density at radius 3 is 2.26 bits per heavy atom. The predicted molar refractivity (Wildman–Crippen MR) is 102 cm³/mol. The molecule has 6 aliphatic rings. The average molecular weight is 443 g/mol. The van der Waals surface area contributed by atoms with Crippen molar-refractivity contribution in [2.24, 2.45) is 34.2 Å². The van der Waals surface area contributed by atoms with Crippen molar-refractivity contribution >= 4 is 17.8 Å². The first-order valence-electron chi connectivity index (χ1n) is 11.3. The largest absolute Gasteiger partial charge is 0.493 e. The zero-order chi connectivity index (χ0) is 22.0. The Morgan fingerprint density at radius 1 is 1.10 bits per heavy atom. The lowest BCUT2D eigenvalue weighted by Crippen LogP contribution is -2.57. The van der Waals surface area contributed by atoms with Crippen molar-refractivity contribution in [3.05, 3.63) is 0 Å². The van der Waals surface area contributed by atoms with Gasteiger partial charge in [-0.15, -0.1) is 5.10 Å². The van der Waals surface area contributed by atoms with Crippen LogP contribution in [-0.2, 0) is 19.2 Å². The molecule has 2 heterocycles. The lowest BCUT2D eigenvalue weighted by molar-refractivity contribution is -0.252. The van der Waals surface area contributed by atoms with Gasteiger partial charge in [-0.3, -0.25) is 4.79 Å². The van der Waals surface area contributed by atoms with Crippen LogP contribution in [0.15, 0.2) is 5.10 Å². The maximum atomic E-state index is 12.9. The fraction of sp³-hybridized carbons (Fsp3) is 0.857. The molecule has 2 aliphatic heterocycles. The minimum Gasteiger partial charge on any atom is -0.466 e. The topological polar surface area (TPSA) is 71.4 Å². The summed E-state index contributed by atoms with van der Waals surface area (Å²) in [6.07, 6.45) is 1.66. The van der Waals surface area contributed by atoms with Gasteiger partial charge in [0.15, 0.2) is 6.17 Å². The predicted octanol–water partition coefficient (Wildman–Crippen LogP) is 3.45. The van der Waals surface area contributed by atoms with Gasteiger partial charge >= 0.3 is 18.1 Å². The number of fused-ring (bicyclic) bond motifs is 1. The van der Waals surface area contributed by atoms with Gasteiger partial charge in [-0.25, -0.2) is 4.79 Å². The van der Waals surface area contributed by atoms with Crippen molar-refractivity contribution in [1.29, 1.82) is 0 Å². The first-order valence-corrected chi connectivity index (χ1v) is 11.3. The molecule has 4 aliphatic carbocycles. The smallest absolute Gasteiger partial charge is 0.466 e. The SMILES string of the molecule is CCOC(=O)C1CCC2N(OC(=O)C(F)(F)F)N=C(C34CC5CC(CC(C5)C3)C4)N2C1. The number of esters is 1. The number of hydrogen-bond donors (Lipinski definition) is 0. The molecule has 0 spiro atoms. The third kappa shape index (κ3) is 3.55. The summed E-state index contributed by atoms with van der Waals surface area (Å²) in [5, 5.41) is 5.35. The summed E-state index contributed by atoms with van der Waals surface area (Å²) in [6, 6.07) is 0. The molecule has 0 aromatic carbocycles. The summed E-state index contributed by atoms with van der Waals surface area (Å²) in [7, 11) is 0. The molecular formula is C21H28F3N3O4. The normalized spacial score (nSPS) is 38.7. The monoisotopic (exact) mass is 443 g/mol. The van der Waals surface area contributed by atoms with Crippen LogP contribution in [0.4, 0.5) is 13.2 Å². The Morgan fingerprint density at radius 2 is 1.71 bits per heavy atom. The third-order valence-corrected chi connectivity index (χ3v) is 7.81. The van der Waals surface area contributed by atoms with E-state index < -0.39 is 18.3 Å². The molecule has 0 N–H and O–H groups in total. The summed E-state index contributed by atoms with van der Waals surface area (Å²) in [5.74, 6) is -0.374. The number of alkyl halides is 3. The van der Waals surface area contributed by atoms with E-state index in [-0.39, 0.29) is 23.9 Å². The van der Waals surface area contributed by atoms with Crippen LogP contribution in [0.1, 0.15) is 58.3 Å². The van der Waals surface area contributed by atoms with Gasteiger partial charge in [0, 0.05) is 12.0 Å². The molecule has 6 rings (SSSR count). The molecule has 4 bridgehead atoms. The van der Waals surface area contributed by atoms with Gasteiger partial charge in [0.25, 0.3) is 0 Å². The Kier molecular flexibility index (Phi) is 4.89. The molecule has 0 radical (unpaired) electrons. The molecule has 10 heteroatoms. The van der Waals surface area contributed by atoms with Gasteiger partial charge in [-0.1, -0.05) is 5.17 Å². The van der Waals surface area contributed by atoms with Crippen LogP contribution >= 0.6 is 0 Å². The quantitative estimate of drug-likeness (QED) is 0.620.